The zero-order valence-electron chi connectivity index (χ0n) is 16.6. The lowest BCUT2D eigenvalue weighted by Gasteiger charge is -2.30. The Hall–Kier alpha value is -3.36. The highest BCUT2D eigenvalue weighted by Gasteiger charge is 2.30. The van der Waals surface area contributed by atoms with Gasteiger partial charge in [-0.2, -0.15) is 5.10 Å². The van der Waals surface area contributed by atoms with Crippen molar-refractivity contribution < 1.29 is 18.7 Å². The Labute approximate surface area is 167 Å². The van der Waals surface area contributed by atoms with Gasteiger partial charge in [0.1, 0.15) is 29.6 Å². The molecule has 1 atom stereocenters. The Bertz CT molecular complexity index is 1040. The number of amides is 1. The standard InChI is InChI=1S/C20H24FN5O3/c1-12(2)10-20(3,29-19(23)27)11-28-13-4-5-14(15(21)8-13)16-9-17(22)25-18-6-7-24-26(16)18/h4-9,12H,10-11H2,1-3H3,(H2,22,25)(H2,23,27)/t20-/m0/s1. The average Bonchev–Trinajstić information content (AvgIpc) is 3.06. The number of carbonyl (C=O) groups excluding carboxylic acids is 1. The van der Waals surface area contributed by atoms with E-state index in [0.29, 0.717) is 29.1 Å². The summed E-state index contributed by atoms with van der Waals surface area (Å²) in [5.41, 5.74) is 11.4. The molecule has 0 fully saturated rings. The summed E-state index contributed by atoms with van der Waals surface area (Å²) in [7, 11) is 0. The molecule has 0 saturated heterocycles. The molecule has 2 aromatic heterocycles. The number of rotatable bonds is 7. The predicted molar refractivity (Wildman–Crippen MR) is 107 cm³/mol. The summed E-state index contributed by atoms with van der Waals surface area (Å²) in [6.45, 7) is 5.76. The minimum atomic E-state index is -0.921. The Morgan fingerprint density at radius 1 is 1.31 bits per heavy atom. The Kier molecular flexibility index (Phi) is 5.58. The number of nitrogen functional groups attached to an aromatic ring is 1. The van der Waals surface area contributed by atoms with E-state index in [-0.39, 0.29) is 18.3 Å². The van der Waals surface area contributed by atoms with Crippen LogP contribution in [-0.4, -0.2) is 32.9 Å². The third-order valence-electron chi connectivity index (χ3n) is 4.33. The lowest BCUT2D eigenvalue weighted by Crippen LogP contribution is -2.41. The zero-order chi connectivity index (χ0) is 21.2. The highest BCUT2D eigenvalue weighted by atomic mass is 19.1. The molecule has 9 heteroatoms. The summed E-state index contributed by atoms with van der Waals surface area (Å²) in [6, 6.07) is 7.71. The van der Waals surface area contributed by atoms with Gasteiger partial charge in [0.25, 0.3) is 0 Å². The Morgan fingerprint density at radius 2 is 2.07 bits per heavy atom. The molecule has 3 rings (SSSR count). The second kappa shape index (κ2) is 7.94. The van der Waals surface area contributed by atoms with Crippen molar-refractivity contribution in [1.82, 2.24) is 14.6 Å². The molecule has 1 aromatic carbocycles. The van der Waals surface area contributed by atoms with Crippen LogP contribution in [0.1, 0.15) is 27.2 Å². The first kappa shape index (κ1) is 20.4. The molecule has 154 valence electrons. The quantitative estimate of drug-likeness (QED) is 0.626. The molecule has 3 aromatic rings. The number of anilines is 1. The largest absolute Gasteiger partial charge is 0.489 e. The summed E-state index contributed by atoms with van der Waals surface area (Å²) in [6.07, 6.45) is 1.23. The third kappa shape index (κ3) is 4.74. The minimum absolute atomic E-state index is 0.0402. The van der Waals surface area contributed by atoms with Crippen LogP contribution >= 0.6 is 0 Å². The molecule has 29 heavy (non-hydrogen) atoms. The molecule has 1 amide bonds. The number of nitrogens with zero attached hydrogens (tertiary/aromatic N) is 3. The molecule has 4 N–H and O–H groups in total. The molecule has 0 unspecified atom stereocenters. The number of benzene rings is 1. The SMILES string of the molecule is CC(C)C[C@@](C)(COc1ccc(-c2cc(N)nc3ccnn23)c(F)c1)OC(N)=O. The molecule has 0 bridgehead atoms. The molecule has 0 aliphatic heterocycles. The van der Waals surface area contributed by atoms with Gasteiger partial charge < -0.3 is 20.9 Å². The van der Waals surface area contributed by atoms with Crippen molar-refractivity contribution in [2.24, 2.45) is 11.7 Å². The number of primary amides is 1. The molecular formula is C20H24FN5O3. The number of nitrogens with two attached hydrogens (primary N) is 2. The summed E-state index contributed by atoms with van der Waals surface area (Å²) in [4.78, 5) is 15.4. The van der Waals surface area contributed by atoms with Gasteiger partial charge in [0.05, 0.1) is 11.9 Å². The van der Waals surface area contributed by atoms with Gasteiger partial charge >= 0.3 is 6.09 Å². The van der Waals surface area contributed by atoms with Crippen LogP contribution in [0.5, 0.6) is 5.75 Å². The van der Waals surface area contributed by atoms with Crippen molar-refractivity contribution in [3.8, 4) is 17.0 Å². The predicted octanol–water partition coefficient (Wildman–Crippen LogP) is 3.40. The summed E-state index contributed by atoms with van der Waals surface area (Å²) in [5.74, 6) is 0.302. The maximum Gasteiger partial charge on any atom is 0.405 e. The van der Waals surface area contributed by atoms with Gasteiger partial charge in [-0.15, -0.1) is 0 Å². The van der Waals surface area contributed by atoms with E-state index in [4.69, 9.17) is 20.9 Å². The van der Waals surface area contributed by atoms with Crippen LogP contribution in [-0.2, 0) is 4.74 Å². The highest BCUT2D eigenvalue weighted by Crippen LogP contribution is 2.29. The van der Waals surface area contributed by atoms with Crippen LogP contribution < -0.4 is 16.2 Å². The number of carbonyl (C=O) groups is 1. The van der Waals surface area contributed by atoms with Gasteiger partial charge in [0.2, 0.25) is 0 Å². The Balaban J connectivity index is 1.84. The summed E-state index contributed by atoms with van der Waals surface area (Å²) >= 11 is 0. The number of ether oxygens (including phenoxy) is 2. The first-order valence-electron chi connectivity index (χ1n) is 9.18. The van der Waals surface area contributed by atoms with E-state index in [1.807, 2.05) is 13.8 Å². The number of halogens is 1. The smallest absolute Gasteiger partial charge is 0.405 e. The van der Waals surface area contributed by atoms with E-state index in [1.165, 1.54) is 10.6 Å². The van der Waals surface area contributed by atoms with Crippen LogP contribution in [0.4, 0.5) is 15.0 Å². The van der Waals surface area contributed by atoms with E-state index in [2.05, 4.69) is 10.1 Å². The van der Waals surface area contributed by atoms with Crippen molar-refractivity contribution in [2.75, 3.05) is 12.3 Å². The van der Waals surface area contributed by atoms with Crippen LogP contribution in [0.3, 0.4) is 0 Å². The van der Waals surface area contributed by atoms with Gasteiger partial charge in [-0.25, -0.2) is 18.7 Å². The number of aromatic nitrogens is 3. The molecule has 2 heterocycles. The fourth-order valence-corrected chi connectivity index (χ4v) is 3.39. The zero-order valence-corrected chi connectivity index (χ0v) is 16.6. The molecular weight excluding hydrogens is 377 g/mol. The van der Waals surface area contributed by atoms with Crippen LogP contribution in [0.2, 0.25) is 0 Å². The summed E-state index contributed by atoms with van der Waals surface area (Å²) < 4.78 is 27.3. The first-order valence-corrected chi connectivity index (χ1v) is 9.18. The van der Waals surface area contributed by atoms with Crippen molar-refractivity contribution in [3.63, 3.8) is 0 Å². The van der Waals surface area contributed by atoms with E-state index >= 15 is 0 Å². The molecule has 0 saturated carbocycles. The second-order valence-electron chi connectivity index (χ2n) is 7.57. The molecule has 0 aliphatic rings. The van der Waals surface area contributed by atoms with Gasteiger partial charge in [0, 0.05) is 23.8 Å². The van der Waals surface area contributed by atoms with Crippen molar-refractivity contribution >= 4 is 17.6 Å². The van der Waals surface area contributed by atoms with E-state index in [1.54, 1.807) is 37.4 Å². The van der Waals surface area contributed by atoms with Gasteiger partial charge in [0.15, 0.2) is 5.65 Å². The lowest BCUT2D eigenvalue weighted by molar-refractivity contribution is -0.0186. The van der Waals surface area contributed by atoms with Crippen LogP contribution in [0, 0.1) is 11.7 Å². The normalized spacial score (nSPS) is 13.4. The van der Waals surface area contributed by atoms with Crippen LogP contribution in [0.15, 0.2) is 36.5 Å². The maximum absolute atomic E-state index is 14.9. The van der Waals surface area contributed by atoms with E-state index in [9.17, 15) is 9.18 Å². The summed E-state index contributed by atoms with van der Waals surface area (Å²) in [5, 5.41) is 4.16. The van der Waals surface area contributed by atoms with E-state index in [0.717, 1.165) is 0 Å². The maximum atomic E-state index is 14.9. The average molecular weight is 401 g/mol. The molecule has 0 spiro atoms. The molecule has 0 aliphatic carbocycles. The minimum Gasteiger partial charge on any atom is -0.489 e. The van der Waals surface area contributed by atoms with E-state index < -0.39 is 17.5 Å². The number of fused-ring (bicyclic) bond motifs is 1. The van der Waals surface area contributed by atoms with Gasteiger partial charge in [-0.1, -0.05) is 13.8 Å². The second-order valence-corrected chi connectivity index (χ2v) is 7.57. The molecule has 0 radical (unpaired) electrons. The van der Waals surface area contributed by atoms with Crippen molar-refractivity contribution in [1.29, 1.82) is 0 Å². The van der Waals surface area contributed by atoms with Crippen molar-refractivity contribution in [3.05, 3.63) is 42.3 Å². The third-order valence-corrected chi connectivity index (χ3v) is 4.33. The first-order chi connectivity index (χ1) is 13.7. The van der Waals surface area contributed by atoms with Crippen molar-refractivity contribution in [2.45, 2.75) is 32.8 Å². The Morgan fingerprint density at radius 3 is 2.72 bits per heavy atom. The van der Waals surface area contributed by atoms with Gasteiger partial charge in [-0.3, -0.25) is 0 Å². The fraction of sp³-hybridized carbons (Fsp3) is 0.350. The topological polar surface area (TPSA) is 118 Å². The fourth-order valence-electron chi connectivity index (χ4n) is 3.39. The number of hydrogen-bond acceptors (Lipinski definition) is 6. The highest BCUT2D eigenvalue weighted by molar-refractivity contribution is 5.67. The van der Waals surface area contributed by atoms with Crippen LogP contribution in [0.25, 0.3) is 16.9 Å². The number of hydrogen-bond donors (Lipinski definition) is 2. The molecule has 8 nitrogen and oxygen atoms in total. The monoisotopic (exact) mass is 401 g/mol. The lowest BCUT2D eigenvalue weighted by atomic mass is 9.95. The van der Waals surface area contributed by atoms with Gasteiger partial charge in [-0.05, 0) is 31.4 Å².